The molecule has 7 nitrogen and oxygen atoms in total. The van der Waals surface area contributed by atoms with Gasteiger partial charge in [-0.3, -0.25) is 20.0 Å². The van der Waals surface area contributed by atoms with Crippen LogP contribution in [0.3, 0.4) is 0 Å². The van der Waals surface area contributed by atoms with Crippen LogP contribution in [0, 0.1) is 24.3 Å². The molecule has 0 aliphatic heterocycles. The van der Waals surface area contributed by atoms with Gasteiger partial charge in [-0.05, 0) is 12.2 Å². The molecule has 0 spiro atoms. The van der Waals surface area contributed by atoms with Crippen molar-refractivity contribution in [1.29, 1.82) is 0 Å². The van der Waals surface area contributed by atoms with E-state index in [0.717, 1.165) is 24.6 Å². The molecular formula is C22H32N2O5Rb2W2-2. The first kappa shape index (κ1) is 59.7. The molecule has 0 aromatic heterocycles. The van der Waals surface area contributed by atoms with E-state index < -0.39 is 11.8 Å². The van der Waals surface area contributed by atoms with Gasteiger partial charge < -0.3 is 54.1 Å². The van der Waals surface area contributed by atoms with E-state index in [1.165, 1.54) is 0 Å². The molecule has 4 N–H and O–H groups in total. The average Bonchev–Trinajstić information content (AvgIpc) is 2.74. The van der Waals surface area contributed by atoms with Crippen LogP contribution in [0.15, 0.2) is 75.2 Å². The van der Waals surface area contributed by atoms with Gasteiger partial charge >= 0.3 is 116 Å². The minimum atomic E-state index is -0.583. The van der Waals surface area contributed by atoms with Crippen molar-refractivity contribution in [2.75, 3.05) is 0 Å². The van der Waals surface area contributed by atoms with Crippen LogP contribution in [0.5, 0.6) is 0 Å². The SMILES string of the molecule is C=CC(=O)N(O)C=C.C=CC(=O)N(O)C=C.C[C-]=CC=[C-]C.C[C-]=CC=[C-]C.O.[Rb+].[Rb+].[W].[W]. The minimum Gasteiger partial charge on any atom is -0.412 e. The van der Waals surface area contributed by atoms with E-state index in [-0.39, 0.29) is 164 Å². The molecule has 33 heavy (non-hydrogen) atoms. The normalized spacial score (nSPS) is 7.94. The predicted octanol–water partition coefficient (Wildman–Crippen LogP) is -2.26. The summed E-state index contributed by atoms with van der Waals surface area (Å²) in [6.07, 6.45) is 22.5. The van der Waals surface area contributed by atoms with E-state index in [1.807, 2.05) is 52.0 Å². The van der Waals surface area contributed by atoms with Crippen LogP contribution in [-0.4, -0.2) is 37.8 Å². The van der Waals surface area contributed by atoms with E-state index >= 15 is 0 Å². The molecule has 0 heterocycles. The predicted molar refractivity (Wildman–Crippen MR) is 116 cm³/mol. The Labute approximate surface area is 326 Å². The van der Waals surface area contributed by atoms with Crippen molar-refractivity contribution in [2.24, 2.45) is 0 Å². The van der Waals surface area contributed by atoms with Crippen LogP contribution in [0.2, 0.25) is 0 Å². The van der Waals surface area contributed by atoms with Crippen molar-refractivity contribution in [3.8, 4) is 0 Å². The van der Waals surface area contributed by atoms with Crippen LogP contribution in [0.1, 0.15) is 27.7 Å². The fourth-order valence-corrected chi connectivity index (χ4v) is 0.700. The Morgan fingerprint density at radius 3 is 0.879 bits per heavy atom. The van der Waals surface area contributed by atoms with Gasteiger partial charge in [-0.25, -0.2) is 0 Å². The molecule has 0 aliphatic carbocycles. The number of hydroxylamine groups is 4. The molecule has 0 atom stereocenters. The fraction of sp³-hybridized carbons (Fsp3) is 0.182. The molecular weight excluding hydrogens is 911 g/mol. The third-order valence-corrected chi connectivity index (χ3v) is 1.98. The number of carbonyl (C=O) groups is 2. The maximum Gasteiger partial charge on any atom is 1.00 e. The van der Waals surface area contributed by atoms with E-state index in [2.05, 4.69) is 50.6 Å². The molecule has 0 aromatic carbocycles. The second-order valence-electron chi connectivity index (χ2n) is 3.96. The molecule has 176 valence electrons. The van der Waals surface area contributed by atoms with E-state index in [4.69, 9.17) is 10.4 Å². The Morgan fingerprint density at radius 2 is 0.818 bits per heavy atom. The molecule has 0 bridgehead atoms. The Bertz CT molecular complexity index is 513. The summed E-state index contributed by atoms with van der Waals surface area (Å²) >= 11 is 0. The Hall–Kier alpha value is 1.73. The van der Waals surface area contributed by atoms with Gasteiger partial charge in [-0.2, -0.15) is 10.1 Å². The Balaban J connectivity index is -0.0000000319. The first-order valence-corrected chi connectivity index (χ1v) is 7.80. The van der Waals surface area contributed by atoms with E-state index in [9.17, 15) is 9.59 Å². The van der Waals surface area contributed by atoms with Crippen LogP contribution >= 0.6 is 0 Å². The summed E-state index contributed by atoms with van der Waals surface area (Å²) in [6.45, 7) is 20.0. The fourth-order valence-electron chi connectivity index (χ4n) is 0.700. The molecule has 0 saturated heterocycles. The summed E-state index contributed by atoms with van der Waals surface area (Å²) in [4.78, 5) is 20.5. The number of amides is 2. The summed E-state index contributed by atoms with van der Waals surface area (Å²) in [5.41, 5.74) is 0. The average molecular weight is 943 g/mol. The quantitative estimate of drug-likeness (QED) is 0.103. The molecule has 0 radical (unpaired) electrons. The van der Waals surface area contributed by atoms with Crippen molar-refractivity contribution in [3.63, 3.8) is 0 Å². The second-order valence-corrected chi connectivity index (χ2v) is 3.96. The first-order chi connectivity index (χ1) is 13.3. The van der Waals surface area contributed by atoms with Gasteiger partial charge in [0, 0.05) is 54.5 Å². The van der Waals surface area contributed by atoms with Crippen molar-refractivity contribution >= 4 is 11.8 Å². The largest absolute Gasteiger partial charge is 1.00 e. The van der Waals surface area contributed by atoms with Crippen LogP contribution in [-0.2, 0) is 51.7 Å². The first-order valence-electron chi connectivity index (χ1n) is 7.80. The zero-order valence-electron chi connectivity index (χ0n) is 20.4. The van der Waals surface area contributed by atoms with E-state index in [0.29, 0.717) is 10.1 Å². The number of allylic oxidation sites excluding steroid dienone is 8. The molecule has 0 aromatic rings. The van der Waals surface area contributed by atoms with Crippen LogP contribution in [0.25, 0.3) is 0 Å². The van der Waals surface area contributed by atoms with Gasteiger partial charge in [0.25, 0.3) is 11.8 Å². The maximum atomic E-state index is 10.2. The van der Waals surface area contributed by atoms with Crippen molar-refractivity contribution < 1.29 is 184 Å². The van der Waals surface area contributed by atoms with Crippen LogP contribution in [0.4, 0.5) is 0 Å². The van der Waals surface area contributed by atoms with Gasteiger partial charge in [0.05, 0.1) is 0 Å². The Morgan fingerprint density at radius 1 is 0.636 bits per heavy atom. The summed E-state index contributed by atoms with van der Waals surface area (Å²) in [5.74, 6) is -1.17. The molecule has 0 unspecified atom stereocenters. The number of nitrogens with zero attached hydrogens (tertiary/aromatic N) is 2. The standard InChI is InChI=1S/2C6H8.2C5H7NO2.H2O.2Rb.2W/c2*1-3-5-6-4-2;2*1-3-5(7)6(8)4-2;;;;;/h2*5-6H,1-2H3;2*3-4,8H,1-2H2;1H2;;;;/q2*-2;;;;2*+1;;. The van der Waals surface area contributed by atoms with Gasteiger partial charge in [-0.15, -0.1) is 27.7 Å². The number of hydrogen-bond acceptors (Lipinski definition) is 4. The summed E-state index contributed by atoms with van der Waals surface area (Å²) in [7, 11) is 0. The summed E-state index contributed by atoms with van der Waals surface area (Å²) in [6, 6.07) is 0. The third kappa shape index (κ3) is 60.3. The maximum absolute atomic E-state index is 10.2. The monoisotopic (exact) mass is 942 g/mol. The van der Waals surface area contributed by atoms with Gasteiger partial charge in [0.2, 0.25) is 0 Å². The van der Waals surface area contributed by atoms with E-state index in [1.54, 1.807) is 0 Å². The number of rotatable bonds is 6. The summed E-state index contributed by atoms with van der Waals surface area (Å²) in [5, 5.41) is 17.6. The van der Waals surface area contributed by atoms with Crippen molar-refractivity contribution in [3.05, 3.63) is 99.5 Å². The van der Waals surface area contributed by atoms with Gasteiger partial charge in [0.1, 0.15) is 0 Å². The molecule has 2 amide bonds. The zero-order chi connectivity index (χ0) is 22.8. The van der Waals surface area contributed by atoms with Crippen molar-refractivity contribution in [1.82, 2.24) is 10.1 Å². The molecule has 0 fully saturated rings. The third-order valence-electron chi connectivity index (χ3n) is 1.98. The second kappa shape index (κ2) is 54.6. The molecule has 0 aliphatic rings. The molecule has 11 heteroatoms. The number of hydrogen-bond donors (Lipinski definition) is 2. The Kier molecular flexibility index (Phi) is 98.7. The smallest absolute Gasteiger partial charge is 0.412 e. The minimum absolute atomic E-state index is 0. The van der Waals surface area contributed by atoms with Gasteiger partial charge in [0.15, 0.2) is 0 Å². The number of carbonyl (C=O) groups excluding carboxylic acids is 2. The molecule has 0 rings (SSSR count). The zero-order valence-corrected chi connectivity index (χ0v) is 36.1. The molecule has 0 saturated carbocycles. The topological polar surface area (TPSA) is 113 Å². The summed E-state index contributed by atoms with van der Waals surface area (Å²) < 4.78 is 0. The van der Waals surface area contributed by atoms with Crippen molar-refractivity contribution in [2.45, 2.75) is 27.7 Å². The van der Waals surface area contributed by atoms with Crippen LogP contribution < -0.4 is 116 Å². The van der Waals surface area contributed by atoms with Gasteiger partial charge in [-0.1, -0.05) is 26.3 Å².